The Morgan fingerprint density at radius 1 is 1.28 bits per heavy atom. The molecule has 0 spiro atoms. The van der Waals surface area contributed by atoms with Crippen LogP contribution >= 0.6 is 0 Å². The number of hydrogen-bond acceptors (Lipinski definition) is 9. The van der Waals surface area contributed by atoms with Crippen molar-refractivity contribution in [2.45, 2.75) is 0 Å². The number of nitrogens with one attached hydrogen (secondary N) is 3. The van der Waals surface area contributed by atoms with E-state index in [1.54, 1.807) is 0 Å². The number of nitrogens with zero attached hydrogens (tertiary/aromatic N) is 3. The topological polar surface area (TPSA) is 144 Å². The van der Waals surface area contributed by atoms with Gasteiger partial charge in [-0.15, -0.1) is 0 Å². The third-order valence-electron chi connectivity index (χ3n) is 1.89. The second-order valence-corrected chi connectivity index (χ2v) is 5.11. The molecule has 0 aliphatic carbocycles. The summed E-state index contributed by atoms with van der Waals surface area (Å²) in [6.07, 6.45) is 0. The molecule has 0 amide bonds. The van der Waals surface area contributed by atoms with E-state index in [2.05, 4.69) is 30.4 Å². The van der Waals surface area contributed by atoms with E-state index in [0.29, 0.717) is 0 Å². The van der Waals surface area contributed by atoms with Gasteiger partial charge in [0.1, 0.15) is 0 Å². The highest BCUT2D eigenvalue weighted by atomic mass is 32.2. The summed E-state index contributed by atoms with van der Waals surface area (Å²) in [6.45, 7) is 0.139. The number of methoxy groups -OCH3 is 1. The lowest BCUT2D eigenvalue weighted by Crippen LogP contribution is -2.26. The molecule has 18 heavy (non-hydrogen) atoms. The number of anilines is 2. The average Bonchev–Trinajstić information content (AvgIpc) is 2.38. The van der Waals surface area contributed by atoms with Gasteiger partial charge in [0.15, 0.2) is 0 Å². The SMILES string of the molecule is CNS(=O)(=O)CCNc1nc(NN)nc(OC)n1. The van der Waals surface area contributed by atoms with Crippen molar-refractivity contribution < 1.29 is 13.2 Å². The van der Waals surface area contributed by atoms with E-state index in [4.69, 9.17) is 10.6 Å². The number of hydrazine groups is 1. The van der Waals surface area contributed by atoms with E-state index in [0.717, 1.165) is 0 Å². The molecule has 102 valence electrons. The Morgan fingerprint density at radius 2 is 1.94 bits per heavy atom. The van der Waals surface area contributed by atoms with Crippen LogP contribution in [0.15, 0.2) is 0 Å². The highest BCUT2D eigenvalue weighted by Crippen LogP contribution is 2.09. The molecule has 0 unspecified atom stereocenters. The van der Waals surface area contributed by atoms with Gasteiger partial charge in [-0.1, -0.05) is 0 Å². The molecule has 11 heteroatoms. The van der Waals surface area contributed by atoms with Crippen molar-refractivity contribution >= 4 is 21.9 Å². The average molecular weight is 277 g/mol. The summed E-state index contributed by atoms with van der Waals surface area (Å²) in [7, 11) is -0.538. The maximum atomic E-state index is 11.2. The molecular formula is C7H15N7O3S. The Balaban J connectivity index is 2.67. The first kappa shape index (κ1) is 14.3. The minimum atomic E-state index is -3.28. The third-order valence-corrected chi connectivity index (χ3v) is 3.26. The second kappa shape index (κ2) is 6.28. The van der Waals surface area contributed by atoms with Crippen LogP contribution < -0.4 is 26.0 Å². The highest BCUT2D eigenvalue weighted by molar-refractivity contribution is 7.89. The van der Waals surface area contributed by atoms with E-state index < -0.39 is 10.0 Å². The van der Waals surface area contributed by atoms with Crippen molar-refractivity contribution in [3.63, 3.8) is 0 Å². The summed E-state index contributed by atoms with van der Waals surface area (Å²) in [6, 6.07) is 0.0666. The van der Waals surface area contributed by atoms with E-state index in [1.165, 1.54) is 14.2 Å². The number of aromatic nitrogens is 3. The molecule has 1 aromatic rings. The van der Waals surface area contributed by atoms with Crippen LogP contribution in [0.1, 0.15) is 0 Å². The van der Waals surface area contributed by atoms with Gasteiger partial charge >= 0.3 is 6.01 Å². The Bertz CT molecular complexity index is 470. The normalized spacial score (nSPS) is 11.1. The van der Waals surface area contributed by atoms with Crippen molar-refractivity contribution in [2.75, 3.05) is 37.2 Å². The van der Waals surface area contributed by atoms with Gasteiger partial charge in [0, 0.05) is 6.54 Å². The number of ether oxygens (including phenoxy) is 1. The van der Waals surface area contributed by atoms with Crippen LogP contribution in [0.2, 0.25) is 0 Å². The van der Waals surface area contributed by atoms with Crippen LogP contribution in [0.4, 0.5) is 11.9 Å². The molecule has 0 fully saturated rings. The van der Waals surface area contributed by atoms with Crippen molar-refractivity contribution in [1.82, 2.24) is 19.7 Å². The number of hydrogen-bond donors (Lipinski definition) is 4. The summed E-state index contributed by atoms with van der Waals surface area (Å²) >= 11 is 0. The molecule has 5 N–H and O–H groups in total. The monoisotopic (exact) mass is 277 g/mol. The fourth-order valence-electron chi connectivity index (χ4n) is 0.991. The van der Waals surface area contributed by atoms with E-state index >= 15 is 0 Å². The first-order valence-electron chi connectivity index (χ1n) is 4.92. The van der Waals surface area contributed by atoms with Crippen molar-refractivity contribution in [2.24, 2.45) is 5.84 Å². The number of rotatable bonds is 7. The first-order chi connectivity index (χ1) is 8.50. The number of nitrogen functional groups attached to an aromatic ring is 1. The number of sulfonamides is 1. The van der Waals surface area contributed by atoms with Crippen LogP contribution in [-0.2, 0) is 10.0 Å². The van der Waals surface area contributed by atoms with Gasteiger partial charge in [-0.25, -0.2) is 19.0 Å². The molecule has 0 aliphatic rings. The summed E-state index contributed by atoms with van der Waals surface area (Å²) in [5.74, 6) is 5.34. The largest absolute Gasteiger partial charge is 0.467 e. The Labute approximate surface area is 104 Å². The summed E-state index contributed by atoms with van der Waals surface area (Å²) < 4.78 is 29.4. The van der Waals surface area contributed by atoms with Crippen LogP contribution in [0.3, 0.4) is 0 Å². The first-order valence-corrected chi connectivity index (χ1v) is 6.57. The third kappa shape index (κ3) is 4.27. The maximum Gasteiger partial charge on any atom is 0.322 e. The summed E-state index contributed by atoms with van der Waals surface area (Å²) in [5, 5.41) is 2.73. The molecule has 10 nitrogen and oxygen atoms in total. The van der Waals surface area contributed by atoms with Gasteiger partial charge in [0.2, 0.25) is 21.9 Å². The molecule has 0 saturated heterocycles. The summed E-state index contributed by atoms with van der Waals surface area (Å²) in [5.41, 5.74) is 2.25. The quantitative estimate of drug-likeness (QED) is 0.332. The Morgan fingerprint density at radius 3 is 2.50 bits per heavy atom. The molecular weight excluding hydrogens is 262 g/mol. The van der Waals surface area contributed by atoms with E-state index in [-0.39, 0.29) is 30.2 Å². The molecule has 0 bridgehead atoms. The number of nitrogens with two attached hydrogens (primary N) is 1. The van der Waals surface area contributed by atoms with Crippen LogP contribution in [0.25, 0.3) is 0 Å². The maximum absolute atomic E-state index is 11.2. The van der Waals surface area contributed by atoms with Crippen LogP contribution in [-0.4, -0.2) is 49.8 Å². The van der Waals surface area contributed by atoms with Crippen LogP contribution in [0, 0.1) is 0 Å². The molecule has 1 heterocycles. The molecule has 1 aromatic heterocycles. The zero-order valence-corrected chi connectivity index (χ0v) is 10.8. The van der Waals surface area contributed by atoms with Gasteiger partial charge in [0.25, 0.3) is 0 Å². The van der Waals surface area contributed by atoms with E-state index in [9.17, 15) is 8.42 Å². The van der Waals surface area contributed by atoms with Gasteiger partial charge in [-0.05, 0) is 7.05 Å². The smallest absolute Gasteiger partial charge is 0.322 e. The lowest BCUT2D eigenvalue weighted by Gasteiger charge is -2.07. The summed E-state index contributed by atoms with van der Waals surface area (Å²) in [4.78, 5) is 11.6. The van der Waals surface area contributed by atoms with E-state index in [1.807, 2.05) is 0 Å². The highest BCUT2D eigenvalue weighted by Gasteiger charge is 2.09. The molecule has 0 aromatic carbocycles. The molecule has 0 aliphatic heterocycles. The molecule has 0 radical (unpaired) electrons. The standard InChI is InChI=1S/C7H15N7O3S/c1-9-18(15,16)4-3-10-5-11-6(14-8)13-7(12-5)17-2/h9H,3-4,8H2,1-2H3,(H2,10,11,12,13,14). The zero-order chi connectivity index (χ0) is 13.6. The van der Waals surface area contributed by atoms with Gasteiger partial charge in [-0.3, -0.25) is 5.43 Å². The predicted molar refractivity (Wildman–Crippen MR) is 65.5 cm³/mol. The van der Waals surface area contributed by atoms with Crippen molar-refractivity contribution in [3.05, 3.63) is 0 Å². The van der Waals surface area contributed by atoms with Crippen LogP contribution in [0.5, 0.6) is 6.01 Å². The Hall–Kier alpha value is -1.72. The minimum Gasteiger partial charge on any atom is -0.467 e. The molecule has 0 saturated carbocycles. The minimum absolute atomic E-state index is 0.0666. The van der Waals surface area contributed by atoms with Gasteiger partial charge < -0.3 is 10.1 Å². The fraction of sp³-hybridized carbons (Fsp3) is 0.571. The molecule has 0 atom stereocenters. The zero-order valence-electron chi connectivity index (χ0n) is 9.97. The van der Waals surface area contributed by atoms with Crippen molar-refractivity contribution in [3.8, 4) is 6.01 Å². The fourth-order valence-corrected chi connectivity index (χ4v) is 1.57. The Kier molecular flexibility index (Phi) is 5.00. The predicted octanol–water partition coefficient (Wildman–Crippen LogP) is -1.87. The lowest BCUT2D eigenvalue weighted by atomic mass is 10.7. The van der Waals surface area contributed by atoms with Gasteiger partial charge in [-0.2, -0.15) is 15.0 Å². The molecule has 1 rings (SSSR count). The van der Waals surface area contributed by atoms with Crippen molar-refractivity contribution in [1.29, 1.82) is 0 Å². The lowest BCUT2D eigenvalue weighted by molar-refractivity contribution is 0.379. The second-order valence-electron chi connectivity index (χ2n) is 3.06. The van der Waals surface area contributed by atoms with Gasteiger partial charge in [0.05, 0.1) is 12.9 Å².